The summed E-state index contributed by atoms with van der Waals surface area (Å²) in [4.78, 5) is 0. The Morgan fingerprint density at radius 2 is 1.30 bits per heavy atom. The highest BCUT2D eigenvalue weighted by Gasteiger charge is 1.79. The lowest BCUT2D eigenvalue weighted by Crippen LogP contribution is -2.12. The summed E-state index contributed by atoms with van der Waals surface area (Å²) in [5.41, 5.74) is 0. The molecule has 0 amide bonds. The SMILES string of the molecule is S=C(S)NC=CNC(=S)S. The number of nitrogens with one attached hydrogen (secondary N) is 2. The molecule has 0 fully saturated rings. The fraction of sp³-hybridized carbons (Fsp3) is 0. The first kappa shape index (κ1) is 10.2. The average molecular weight is 210 g/mol. The summed E-state index contributed by atoms with van der Waals surface area (Å²) in [6, 6.07) is 0. The lowest BCUT2D eigenvalue weighted by Gasteiger charge is -1.94. The molecule has 0 aromatic rings. The van der Waals surface area contributed by atoms with Gasteiger partial charge < -0.3 is 10.6 Å². The molecule has 0 unspecified atom stereocenters. The van der Waals surface area contributed by atoms with Crippen molar-refractivity contribution >= 4 is 58.3 Å². The molecule has 0 aliphatic carbocycles. The van der Waals surface area contributed by atoms with Gasteiger partial charge in [0.05, 0.1) is 0 Å². The molecule has 56 valence electrons. The molecular formula is C4H6N2S4. The van der Waals surface area contributed by atoms with E-state index < -0.39 is 0 Å². The van der Waals surface area contributed by atoms with Gasteiger partial charge in [0.15, 0.2) is 0 Å². The van der Waals surface area contributed by atoms with E-state index in [2.05, 4.69) is 60.3 Å². The van der Waals surface area contributed by atoms with Crippen LogP contribution in [0.3, 0.4) is 0 Å². The molecule has 0 saturated heterocycles. The topological polar surface area (TPSA) is 24.1 Å². The molecule has 0 radical (unpaired) electrons. The molecular weight excluding hydrogens is 204 g/mol. The zero-order valence-corrected chi connectivity index (χ0v) is 8.29. The predicted molar refractivity (Wildman–Crippen MR) is 58.6 cm³/mol. The van der Waals surface area contributed by atoms with Gasteiger partial charge in [0.25, 0.3) is 0 Å². The van der Waals surface area contributed by atoms with E-state index in [4.69, 9.17) is 0 Å². The summed E-state index contributed by atoms with van der Waals surface area (Å²) >= 11 is 16.8. The van der Waals surface area contributed by atoms with Crippen molar-refractivity contribution in [3.63, 3.8) is 0 Å². The number of hydrogen-bond donors (Lipinski definition) is 4. The Hall–Kier alpha value is 0.220. The number of thiol groups is 2. The van der Waals surface area contributed by atoms with Crippen molar-refractivity contribution in [3.8, 4) is 0 Å². The Kier molecular flexibility index (Phi) is 6.10. The minimum atomic E-state index is 0.406. The van der Waals surface area contributed by atoms with Crippen molar-refractivity contribution in [2.24, 2.45) is 0 Å². The van der Waals surface area contributed by atoms with Crippen molar-refractivity contribution in [2.45, 2.75) is 0 Å². The highest BCUT2D eigenvalue weighted by Crippen LogP contribution is 1.78. The van der Waals surface area contributed by atoms with Crippen molar-refractivity contribution < 1.29 is 0 Å². The van der Waals surface area contributed by atoms with Crippen LogP contribution in [-0.4, -0.2) is 8.64 Å². The molecule has 0 aromatic heterocycles. The minimum Gasteiger partial charge on any atom is -0.346 e. The summed E-state index contributed by atoms with van der Waals surface area (Å²) in [5, 5.41) is 5.32. The first-order chi connectivity index (χ1) is 4.63. The third kappa shape index (κ3) is 8.22. The van der Waals surface area contributed by atoms with E-state index in [0.29, 0.717) is 8.64 Å². The second kappa shape index (κ2) is 5.96. The molecule has 2 nitrogen and oxygen atoms in total. The lowest BCUT2D eigenvalue weighted by atomic mass is 10.9. The molecule has 6 heteroatoms. The number of hydrogen-bond acceptors (Lipinski definition) is 2. The maximum absolute atomic E-state index is 4.60. The summed E-state index contributed by atoms with van der Waals surface area (Å²) in [6.45, 7) is 0. The van der Waals surface area contributed by atoms with Gasteiger partial charge in [-0.05, 0) is 0 Å². The maximum atomic E-state index is 4.60. The van der Waals surface area contributed by atoms with Crippen molar-refractivity contribution in [1.29, 1.82) is 0 Å². The molecule has 0 spiro atoms. The Labute approximate surface area is 81.3 Å². The quantitative estimate of drug-likeness (QED) is 0.405. The van der Waals surface area contributed by atoms with Gasteiger partial charge in [-0.1, -0.05) is 24.4 Å². The van der Waals surface area contributed by atoms with Gasteiger partial charge in [-0.3, -0.25) is 0 Å². The van der Waals surface area contributed by atoms with E-state index in [0.717, 1.165) is 0 Å². The van der Waals surface area contributed by atoms with Gasteiger partial charge >= 0.3 is 0 Å². The van der Waals surface area contributed by atoms with E-state index in [1.54, 1.807) is 12.4 Å². The third-order valence-corrected chi connectivity index (χ3v) is 0.991. The maximum Gasteiger partial charge on any atom is 0.134 e. The molecule has 0 aliphatic heterocycles. The van der Waals surface area contributed by atoms with E-state index in [1.807, 2.05) is 0 Å². The van der Waals surface area contributed by atoms with Crippen molar-refractivity contribution in [2.75, 3.05) is 0 Å². The van der Waals surface area contributed by atoms with Crippen molar-refractivity contribution in [3.05, 3.63) is 12.4 Å². The van der Waals surface area contributed by atoms with E-state index in [9.17, 15) is 0 Å². The average Bonchev–Trinajstić information content (AvgIpc) is 1.79. The smallest absolute Gasteiger partial charge is 0.134 e. The normalized spacial score (nSPS) is 9.40. The molecule has 0 aromatic carbocycles. The molecule has 0 bridgehead atoms. The highest BCUT2D eigenvalue weighted by atomic mass is 32.1. The summed E-state index contributed by atoms with van der Waals surface area (Å²) in [6.07, 6.45) is 3.16. The fourth-order valence-corrected chi connectivity index (χ4v) is 0.511. The molecule has 0 aliphatic rings. The van der Waals surface area contributed by atoms with Gasteiger partial charge in [-0.15, -0.1) is 25.3 Å². The van der Waals surface area contributed by atoms with Crippen molar-refractivity contribution in [1.82, 2.24) is 10.6 Å². The lowest BCUT2D eigenvalue weighted by molar-refractivity contribution is 1.25. The first-order valence-electron chi connectivity index (χ1n) is 2.27. The molecule has 0 rings (SSSR count). The zero-order valence-electron chi connectivity index (χ0n) is 4.87. The minimum absolute atomic E-state index is 0.406. The number of rotatable bonds is 2. The van der Waals surface area contributed by atoms with Crippen LogP contribution in [0.15, 0.2) is 12.4 Å². The molecule has 0 saturated carbocycles. The van der Waals surface area contributed by atoms with E-state index in [-0.39, 0.29) is 0 Å². The third-order valence-electron chi connectivity index (χ3n) is 0.497. The largest absolute Gasteiger partial charge is 0.346 e. The number of thiocarbonyl (C=S) groups is 2. The molecule has 2 N–H and O–H groups in total. The first-order valence-corrected chi connectivity index (χ1v) is 3.98. The van der Waals surface area contributed by atoms with Gasteiger partial charge in [0.2, 0.25) is 0 Å². The Morgan fingerprint density at radius 1 is 1.00 bits per heavy atom. The van der Waals surface area contributed by atoms with Crippen LogP contribution in [0.2, 0.25) is 0 Å². The van der Waals surface area contributed by atoms with E-state index >= 15 is 0 Å². The Balaban J connectivity index is 3.38. The second-order valence-electron chi connectivity index (χ2n) is 1.23. The van der Waals surface area contributed by atoms with Crippen LogP contribution < -0.4 is 10.6 Å². The Bertz CT molecular complexity index is 147. The van der Waals surface area contributed by atoms with Crippen LogP contribution in [-0.2, 0) is 0 Å². The Morgan fingerprint density at radius 3 is 1.50 bits per heavy atom. The van der Waals surface area contributed by atoms with Gasteiger partial charge in [-0.25, -0.2) is 0 Å². The summed E-state index contributed by atoms with van der Waals surface area (Å²) < 4.78 is 0.811. The standard InChI is InChI=1S/C4H6N2S4/c7-3(8)5-1-2-6-4(9)10/h1-2H,(H2,5,7,8)(H2,6,9,10). The molecule has 10 heavy (non-hydrogen) atoms. The van der Waals surface area contributed by atoms with Crippen LogP contribution in [0.1, 0.15) is 0 Å². The van der Waals surface area contributed by atoms with Crippen LogP contribution in [0.5, 0.6) is 0 Å². The van der Waals surface area contributed by atoms with Gasteiger partial charge in [0.1, 0.15) is 8.64 Å². The van der Waals surface area contributed by atoms with Crippen LogP contribution >= 0.6 is 49.7 Å². The van der Waals surface area contributed by atoms with Crippen LogP contribution in [0.25, 0.3) is 0 Å². The summed E-state index contributed by atoms with van der Waals surface area (Å²) in [5.74, 6) is 0. The zero-order chi connectivity index (χ0) is 7.98. The van der Waals surface area contributed by atoms with Gasteiger partial charge in [-0.2, -0.15) is 0 Å². The monoisotopic (exact) mass is 210 g/mol. The predicted octanol–water partition coefficient (Wildman–Crippen LogP) is 1.07. The van der Waals surface area contributed by atoms with Crippen LogP contribution in [0, 0.1) is 0 Å². The molecule has 0 heterocycles. The summed E-state index contributed by atoms with van der Waals surface area (Å²) in [7, 11) is 0. The van der Waals surface area contributed by atoms with Crippen LogP contribution in [0.4, 0.5) is 0 Å². The molecule has 0 atom stereocenters. The second-order valence-corrected chi connectivity index (χ2v) is 3.55. The fourth-order valence-electron chi connectivity index (χ4n) is 0.226. The van der Waals surface area contributed by atoms with Gasteiger partial charge in [0, 0.05) is 12.4 Å². The van der Waals surface area contributed by atoms with E-state index in [1.165, 1.54) is 0 Å². The highest BCUT2D eigenvalue weighted by molar-refractivity contribution is 8.11.